The van der Waals surface area contributed by atoms with Crippen LogP contribution in [-0.4, -0.2) is 30.8 Å². The van der Waals surface area contributed by atoms with Gasteiger partial charge in [0.25, 0.3) is 0 Å². The minimum absolute atomic E-state index is 0.316. The van der Waals surface area contributed by atoms with Gasteiger partial charge in [0.15, 0.2) is 11.5 Å². The van der Waals surface area contributed by atoms with Crippen LogP contribution < -0.4 is 9.47 Å². The fourth-order valence-corrected chi connectivity index (χ4v) is 5.52. The van der Waals surface area contributed by atoms with Gasteiger partial charge in [0, 0.05) is 12.6 Å². The number of benzene rings is 3. The Morgan fingerprint density at radius 2 is 1.59 bits per heavy atom. The Morgan fingerprint density at radius 3 is 2.29 bits per heavy atom. The number of hydrogen-bond acceptors (Lipinski definition) is 4. The maximum atomic E-state index is 10.5. The van der Waals surface area contributed by atoms with Gasteiger partial charge in [-0.2, -0.15) is 5.26 Å². The van der Waals surface area contributed by atoms with Gasteiger partial charge in [-0.05, 0) is 67.5 Å². The Bertz CT molecular complexity index is 1080. The summed E-state index contributed by atoms with van der Waals surface area (Å²) in [7, 11) is 0. The zero-order valence-corrected chi connectivity index (χ0v) is 19.7. The first-order chi connectivity index (χ1) is 16.8. The second-order valence-corrected chi connectivity index (χ2v) is 9.41. The first kappa shape index (κ1) is 22.5. The van der Waals surface area contributed by atoms with Crippen LogP contribution in [0.25, 0.3) is 0 Å². The maximum absolute atomic E-state index is 10.5. The molecule has 0 spiro atoms. The molecule has 0 N–H and O–H groups in total. The number of rotatable bonds is 8. The van der Waals surface area contributed by atoms with E-state index >= 15 is 0 Å². The quantitative estimate of drug-likeness (QED) is 0.414. The molecule has 3 aromatic rings. The van der Waals surface area contributed by atoms with Crippen LogP contribution in [0.3, 0.4) is 0 Å². The van der Waals surface area contributed by atoms with Gasteiger partial charge in [-0.25, -0.2) is 0 Å². The predicted octanol–water partition coefficient (Wildman–Crippen LogP) is 6.10. The predicted molar refractivity (Wildman–Crippen MR) is 134 cm³/mol. The largest absolute Gasteiger partial charge is 0.454 e. The average Bonchev–Trinajstić information content (AvgIpc) is 3.38. The molecule has 5 rings (SSSR count). The van der Waals surface area contributed by atoms with Crippen molar-refractivity contribution in [3.8, 4) is 17.6 Å². The van der Waals surface area contributed by atoms with Crippen molar-refractivity contribution >= 4 is 0 Å². The van der Waals surface area contributed by atoms with Gasteiger partial charge in [-0.15, -0.1) is 0 Å². The molecule has 0 amide bonds. The summed E-state index contributed by atoms with van der Waals surface area (Å²) >= 11 is 0. The Kier molecular flexibility index (Phi) is 6.83. The SMILES string of the molecule is N#CC(CCC1CCCCN1CCc1ccc2c(c1)OCO2)(c1ccccc1)c1ccccc1. The van der Waals surface area contributed by atoms with Crippen molar-refractivity contribution in [1.82, 2.24) is 4.90 Å². The first-order valence-corrected chi connectivity index (χ1v) is 12.4. The number of ether oxygens (including phenoxy) is 2. The number of nitrogens with zero attached hydrogens (tertiary/aromatic N) is 2. The van der Waals surface area contributed by atoms with E-state index in [4.69, 9.17) is 9.47 Å². The number of hydrogen-bond donors (Lipinski definition) is 0. The lowest BCUT2D eigenvalue weighted by molar-refractivity contribution is 0.137. The summed E-state index contributed by atoms with van der Waals surface area (Å²) in [4.78, 5) is 2.65. The summed E-state index contributed by atoms with van der Waals surface area (Å²) in [6, 6.07) is 30.2. The summed E-state index contributed by atoms with van der Waals surface area (Å²) in [6.45, 7) is 2.47. The molecule has 0 bridgehead atoms. The molecule has 2 heterocycles. The highest BCUT2D eigenvalue weighted by Crippen LogP contribution is 2.38. The van der Waals surface area contributed by atoms with Gasteiger partial charge in [-0.3, -0.25) is 0 Å². The van der Waals surface area contributed by atoms with Gasteiger partial charge in [0.2, 0.25) is 6.79 Å². The highest BCUT2D eigenvalue weighted by atomic mass is 16.7. The van der Waals surface area contributed by atoms with E-state index in [1.54, 1.807) is 0 Å². The molecule has 174 valence electrons. The van der Waals surface area contributed by atoms with Gasteiger partial charge in [0.1, 0.15) is 5.41 Å². The van der Waals surface area contributed by atoms with Crippen LogP contribution in [0.4, 0.5) is 0 Å². The first-order valence-electron chi connectivity index (χ1n) is 12.4. The second-order valence-electron chi connectivity index (χ2n) is 9.41. The topological polar surface area (TPSA) is 45.5 Å². The average molecular weight is 453 g/mol. The van der Waals surface area contributed by atoms with Crippen LogP contribution >= 0.6 is 0 Å². The summed E-state index contributed by atoms with van der Waals surface area (Å²) in [5.41, 5.74) is 2.84. The van der Waals surface area contributed by atoms with E-state index in [1.165, 1.54) is 24.8 Å². The standard InChI is InChI=1S/C30H32N2O2/c31-22-30(25-9-3-1-4-10-25,26-11-5-2-6-12-26)18-16-27-13-7-8-19-32(27)20-17-24-14-15-28-29(21-24)34-23-33-28/h1-6,9-12,14-15,21,27H,7-8,13,16-20,23H2. The van der Waals surface area contributed by atoms with Gasteiger partial charge in [0.05, 0.1) is 6.07 Å². The molecule has 34 heavy (non-hydrogen) atoms. The lowest BCUT2D eigenvalue weighted by Gasteiger charge is -2.38. The zero-order valence-electron chi connectivity index (χ0n) is 19.7. The smallest absolute Gasteiger partial charge is 0.231 e. The van der Waals surface area contributed by atoms with E-state index in [0.717, 1.165) is 55.0 Å². The van der Waals surface area contributed by atoms with Gasteiger partial charge >= 0.3 is 0 Å². The van der Waals surface area contributed by atoms with Crippen molar-refractivity contribution in [1.29, 1.82) is 5.26 Å². The van der Waals surface area contributed by atoms with Crippen LogP contribution in [0.15, 0.2) is 78.9 Å². The van der Waals surface area contributed by atoms with E-state index in [-0.39, 0.29) is 0 Å². The normalized spacial score (nSPS) is 17.9. The van der Waals surface area contributed by atoms with E-state index in [2.05, 4.69) is 47.4 Å². The van der Waals surface area contributed by atoms with Crippen molar-refractivity contribution in [2.45, 2.75) is 50.0 Å². The van der Waals surface area contributed by atoms with Crippen LogP contribution in [0.5, 0.6) is 11.5 Å². The highest BCUT2D eigenvalue weighted by Gasteiger charge is 2.36. The molecule has 2 aliphatic heterocycles. The lowest BCUT2D eigenvalue weighted by atomic mass is 9.71. The van der Waals surface area contributed by atoms with Crippen molar-refractivity contribution in [2.75, 3.05) is 19.9 Å². The third kappa shape index (κ3) is 4.67. The molecule has 0 saturated carbocycles. The summed E-state index contributed by atoms with van der Waals surface area (Å²) in [5, 5.41) is 10.5. The van der Waals surface area contributed by atoms with Gasteiger partial charge in [-0.1, -0.05) is 73.2 Å². The summed E-state index contributed by atoms with van der Waals surface area (Å²) < 4.78 is 11.0. The summed E-state index contributed by atoms with van der Waals surface area (Å²) in [5.74, 6) is 1.70. The minimum Gasteiger partial charge on any atom is -0.454 e. The molecule has 1 unspecified atom stereocenters. The molecule has 4 nitrogen and oxygen atoms in total. The fraction of sp³-hybridized carbons (Fsp3) is 0.367. The van der Waals surface area contributed by atoms with E-state index in [9.17, 15) is 5.26 Å². The number of piperidine rings is 1. The number of fused-ring (bicyclic) bond motifs is 1. The third-order valence-electron chi connectivity index (χ3n) is 7.45. The van der Waals surface area contributed by atoms with Crippen molar-refractivity contribution < 1.29 is 9.47 Å². The lowest BCUT2D eigenvalue weighted by Crippen LogP contribution is -2.42. The second kappa shape index (κ2) is 10.3. The van der Waals surface area contributed by atoms with Crippen LogP contribution in [0.2, 0.25) is 0 Å². The minimum atomic E-state index is -0.622. The molecular weight excluding hydrogens is 420 g/mol. The van der Waals surface area contributed by atoms with Crippen molar-refractivity contribution in [3.05, 3.63) is 95.6 Å². The maximum Gasteiger partial charge on any atom is 0.231 e. The molecule has 0 radical (unpaired) electrons. The Hall–Kier alpha value is -3.29. The number of likely N-dealkylation sites (tertiary alicyclic amines) is 1. The molecule has 0 aromatic heterocycles. The van der Waals surface area contributed by atoms with E-state index in [1.807, 2.05) is 42.5 Å². The van der Waals surface area contributed by atoms with E-state index < -0.39 is 5.41 Å². The molecule has 3 aromatic carbocycles. The molecule has 1 fully saturated rings. The third-order valence-corrected chi connectivity index (χ3v) is 7.45. The summed E-state index contributed by atoms with van der Waals surface area (Å²) in [6.07, 6.45) is 6.54. The van der Waals surface area contributed by atoms with Crippen LogP contribution in [0, 0.1) is 11.3 Å². The van der Waals surface area contributed by atoms with Crippen LogP contribution in [-0.2, 0) is 11.8 Å². The van der Waals surface area contributed by atoms with Gasteiger partial charge < -0.3 is 14.4 Å². The molecule has 2 aliphatic rings. The van der Waals surface area contributed by atoms with Crippen LogP contribution in [0.1, 0.15) is 48.8 Å². The molecule has 4 heteroatoms. The van der Waals surface area contributed by atoms with Crippen molar-refractivity contribution in [2.24, 2.45) is 0 Å². The molecular formula is C30H32N2O2. The van der Waals surface area contributed by atoms with E-state index in [0.29, 0.717) is 12.8 Å². The Balaban J connectivity index is 1.31. The Labute approximate surface area is 202 Å². The fourth-order valence-electron chi connectivity index (χ4n) is 5.52. The molecule has 1 saturated heterocycles. The number of nitriles is 1. The molecule has 0 aliphatic carbocycles. The van der Waals surface area contributed by atoms with Crippen molar-refractivity contribution in [3.63, 3.8) is 0 Å². The zero-order chi connectivity index (χ0) is 23.2. The highest BCUT2D eigenvalue weighted by molar-refractivity contribution is 5.46. The molecule has 1 atom stereocenters. The monoisotopic (exact) mass is 452 g/mol. The Morgan fingerprint density at radius 1 is 0.882 bits per heavy atom.